The minimum atomic E-state index is -0.534. The van der Waals surface area contributed by atoms with Crippen molar-refractivity contribution in [3.63, 3.8) is 0 Å². The number of rotatable bonds is 7. The van der Waals surface area contributed by atoms with Crippen LogP contribution in [0.1, 0.15) is 33.3 Å². The zero-order valence-corrected chi connectivity index (χ0v) is 15.7. The molecule has 0 fully saturated rings. The maximum absolute atomic E-state index is 12.4. The molecule has 1 aromatic heterocycles. The Labute approximate surface area is 163 Å². The normalized spacial score (nSPS) is 10.8. The first-order valence-electron chi connectivity index (χ1n) is 8.81. The molecule has 142 valence electrons. The summed E-state index contributed by atoms with van der Waals surface area (Å²) >= 11 is 0. The molecule has 0 atom stereocenters. The smallest absolute Gasteiger partial charge is 0.359 e. The SMILES string of the molecule is CCOC(=O)c1nn(-c2ccccc2)cc1/C=C/C(=O)c1ccc(OC)cc1. The Morgan fingerprint density at radius 1 is 1.07 bits per heavy atom. The van der Waals surface area contributed by atoms with E-state index in [1.807, 2.05) is 30.3 Å². The van der Waals surface area contributed by atoms with E-state index in [2.05, 4.69) is 5.10 Å². The van der Waals surface area contributed by atoms with Gasteiger partial charge in [0.15, 0.2) is 11.5 Å². The molecule has 6 heteroatoms. The number of hydrogen-bond acceptors (Lipinski definition) is 5. The number of allylic oxidation sites excluding steroid dienone is 1. The zero-order chi connectivity index (χ0) is 19.9. The minimum absolute atomic E-state index is 0.157. The maximum atomic E-state index is 12.4. The van der Waals surface area contributed by atoms with Crippen LogP contribution in [0.5, 0.6) is 5.75 Å². The molecule has 3 rings (SSSR count). The predicted molar refractivity (Wildman–Crippen MR) is 106 cm³/mol. The van der Waals surface area contributed by atoms with Gasteiger partial charge < -0.3 is 9.47 Å². The minimum Gasteiger partial charge on any atom is -0.497 e. The third-order valence-electron chi connectivity index (χ3n) is 4.02. The van der Waals surface area contributed by atoms with Crippen LogP contribution in [0.15, 0.2) is 66.9 Å². The second kappa shape index (κ2) is 8.81. The lowest BCUT2D eigenvalue weighted by Gasteiger charge is -2.00. The van der Waals surface area contributed by atoms with Crippen LogP contribution in [0, 0.1) is 0 Å². The Bertz CT molecular complexity index is 989. The Hall–Kier alpha value is -3.67. The number of carbonyl (C=O) groups excluding carboxylic acids is 2. The Morgan fingerprint density at radius 3 is 2.43 bits per heavy atom. The number of methoxy groups -OCH3 is 1. The fourth-order valence-corrected chi connectivity index (χ4v) is 2.60. The van der Waals surface area contributed by atoms with E-state index >= 15 is 0 Å². The van der Waals surface area contributed by atoms with Gasteiger partial charge in [0.2, 0.25) is 0 Å². The average molecular weight is 376 g/mol. The summed E-state index contributed by atoms with van der Waals surface area (Å²) in [6.45, 7) is 1.97. The van der Waals surface area contributed by atoms with Gasteiger partial charge >= 0.3 is 5.97 Å². The van der Waals surface area contributed by atoms with Gasteiger partial charge in [-0.1, -0.05) is 18.2 Å². The van der Waals surface area contributed by atoms with Gasteiger partial charge in [0, 0.05) is 17.3 Å². The molecule has 0 aliphatic heterocycles. The predicted octanol–water partition coefficient (Wildman–Crippen LogP) is 3.95. The first-order valence-corrected chi connectivity index (χ1v) is 8.81. The summed E-state index contributed by atoms with van der Waals surface area (Å²) in [5.41, 5.74) is 1.98. The summed E-state index contributed by atoms with van der Waals surface area (Å²) in [6.07, 6.45) is 4.68. The average Bonchev–Trinajstić information content (AvgIpc) is 3.17. The number of ether oxygens (including phenoxy) is 2. The van der Waals surface area contributed by atoms with Gasteiger partial charge in [-0.25, -0.2) is 9.48 Å². The largest absolute Gasteiger partial charge is 0.497 e. The van der Waals surface area contributed by atoms with Gasteiger partial charge in [-0.3, -0.25) is 4.79 Å². The van der Waals surface area contributed by atoms with Crippen molar-refractivity contribution in [2.75, 3.05) is 13.7 Å². The first-order chi connectivity index (χ1) is 13.6. The molecule has 0 aliphatic carbocycles. The number of hydrogen-bond donors (Lipinski definition) is 0. The highest BCUT2D eigenvalue weighted by molar-refractivity contribution is 6.07. The number of benzene rings is 2. The Morgan fingerprint density at radius 2 is 1.79 bits per heavy atom. The van der Waals surface area contributed by atoms with Gasteiger partial charge in [0.1, 0.15) is 5.75 Å². The lowest BCUT2D eigenvalue weighted by molar-refractivity contribution is 0.0518. The molecule has 0 saturated carbocycles. The van der Waals surface area contributed by atoms with Crippen molar-refractivity contribution in [3.8, 4) is 11.4 Å². The van der Waals surface area contributed by atoms with Crippen molar-refractivity contribution in [2.24, 2.45) is 0 Å². The van der Waals surface area contributed by atoms with Gasteiger partial charge in [-0.2, -0.15) is 5.10 Å². The van der Waals surface area contributed by atoms with Gasteiger partial charge in [0.25, 0.3) is 0 Å². The van der Waals surface area contributed by atoms with Crippen molar-refractivity contribution < 1.29 is 19.1 Å². The summed E-state index contributed by atoms with van der Waals surface area (Å²) in [7, 11) is 1.57. The lowest BCUT2D eigenvalue weighted by Crippen LogP contribution is -2.08. The van der Waals surface area contributed by atoms with E-state index in [1.165, 1.54) is 6.08 Å². The van der Waals surface area contributed by atoms with Gasteiger partial charge in [-0.05, 0) is 55.5 Å². The summed E-state index contributed by atoms with van der Waals surface area (Å²) in [6, 6.07) is 16.2. The monoisotopic (exact) mass is 376 g/mol. The number of nitrogens with zero attached hydrogens (tertiary/aromatic N) is 2. The third-order valence-corrected chi connectivity index (χ3v) is 4.02. The van der Waals surface area contributed by atoms with Crippen molar-refractivity contribution >= 4 is 17.8 Å². The highest BCUT2D eigenvalue weighted by Crippen LogP contribution is 2.17. The van der Waals surface area contributed by atoms with Crippen LogP contribution < -0.4 is 4.74 Å². The number of ketones is 1. The molecule has 28 heavy (non-hydrogen) atoms. The third kappa shape index (κ3) is 4.35. The molecule has 0 N–H and O–H groups in total. The van der Waals surface area contributed by atoms with E-state index in [-0.39, 0.29) is 18.1 Å². The lowest BCUT2D eigenvalue weighted by atomic mass is 10.1. The second-order valence-corrected chi connectivity index (χ2v) is 5.86. The highest BCUT2D eigenvalue weighted by atomic mass is 16.5. The van der Waals surface area contributed by atoms with Crippen LogP contribution in [0.3, 0.4) is 0 Å². The van der Waals surface area contributed by atoms with Crippen LogP contribution >= 0.6 is 0 Å². The van der Waals surface area contributed by atoms with Crippen molar-refractivity contribution in [3.05, 3.63) is 83.7 Å². The van der Waals surface area contributed by atoms with Crippen LogP contribution in [-0.2, 0) is 4.74 Å². The molecule has 0 unspecified atom stereocenters. The summed E-state index contributed by atoms with van der Waals surface area (Å²) < 4.78 is 11.8. The fraction of sp³-hybridized carbons (Fsp3) is 0.136. The van der Waals surface area contributed by atoms with Gasteiger partial charge in [0.05, 0.1) is 19.4 Å². The molecular weight excluding hydrogens is 356 g/mol. The molecule has 0 spiro atoms. The van der Waals surface area contributed by atoms with E-state index < -0.39 is 5.97 Å². The summed E-state index contributed by atoms with van der Waals surface area (Å²) in [5, 5.41) is 4.34. The number of carbonyl (C=O) groups is 2. The Balaban J connectivity index is 1.90. The Kier molecular flexibility index (Phi) is 6.01. The first kappa shape index (κ1) is 19.1. The van der Waals surface area contributed by atoms with E-state index in [4.69, 9.17) is 9.47 Å². The van der Waals surface area contributed by atoms with E-state index in [0.717, 1.165) is 5.69 Å². The number of aromatic nitrogens is 2. The molecule has 0 saturated heterocycles. The zero-order valence-electron chi connectivity index (χ0n) is 15.7. The molecule has 0 amide bonds. The topological polar surface area (TPSA) is 70.4 Å². The molecular formula is C22H20N2O4. The standard InChI is InChI=1S/C22H20N2O4/c1-3-28-22(26)21-17(15-24(23-21)18-7-5-4-6-8-18)11-14-20(25)16-9-12-19(27-2)13-10-16/h4-15H,3H2,1-2H3/b14-11+. The molecule has 6 nitrogen and oxygen atoms in total. The van der Waals surface area contributed by atoms with E-state index in [1.54, 1.807) is 55.3 Å². The molecule has 2 aromatic carbocycles. The highest BCUT2D eigenvalue weighted by Gasteiger charge is 2.17. The van der Waals surface area contributed by atoms with E-state index in [9.17, 15) is 9.59 Å². The van der Waals surface area contributed by atoms with Gasteiger partial charge in [-0.15, -0.1) is 0 Å². The van der Waals surface area contributed by atoms with Crippen LogP contribution in [0.2, 0.25) is 0 Å². The van der Waals surface area contributed by atoms with Crippen molar-refractivity contribution in [1.82, 2.24) is 9.78 Å². The molecule has 1 heterocycles. The van der Waals surface area contributed by atoms with Crippen molar-refractivity contribution in [2.45, 2.75) is 6.92 Å². The molecule has 0 aliphatic rings. The molecule has 0 radical (unpaired) electrons. The van der Waals surface area contributed by atoms with Crippen LogP contribution in [-0.4, -0.2) is 35.2 Å². The number of esters is 1. The second-order valence-electron chi connectivity index (χ2n) is 5.86. The summed E-state index contributed by atoms with van der Waals surface area (Å²) in [4.78, 5) is 24.7. The number of para-hydroxylation sites is 1. The summed E-state index contributed by atoms with van der Waals surface area (Å²) in [5.74, 6) is -0.0482. The quantitative estimate of drug-likeness (QED) is 0.355. The maximum Gasteiger partial charge on any atom is 0.359 e. The fourth-order valence-electron chi connectivity index (χ4n) is 2.60. The van der Waals surface area contributed by atoms with Crippen LogP contribution in [0.25, 0.3) is 11.8 Å². The van der Waals surface area contributed by atoms with E-state index in [0.29, 0.717) is 16.9 Å². The molecule has 3 aromatic rings. The van der Waals surface area contributed by atoms with Crippen molar-refractivity contribution in [1.29, 1.82) is 0 Å². The molecule has 0 bridgehead atoms. The van der Waals surface area contributed by atoms with Crippen LogP contribution in [0.4, 0.5) is 0 Å².